The van der Waals surface area contributed by atoms with E-state index in [1.165, 1.54) is 19.2 Å². The highest BCUT2D eigenvalue weighted by atomic mass is 16.5. The molecule has 1 saturated heterocycles. The molecule has 2 amide bonds. The van der Waals surface area contributed by atoms with Gasteiger partial charge in [-0.3, -0.25) is 9.59 Å². The fourth-order valence-electron chi connectivity index (χ4n) is 3.32. The standard InChI is InChI=1S/C22H26N2O6/c1-15(30-18-7-5-17(25)6-8-18)21(26)23-10-12-24(13-11-23)22(27)16-4-9-19(28-2)20(14-16)29-3/h4-9,14-15,25H,10-13H2,1-3H3. The molecule has 0 aliphatic carbocycles. The van der Waals surface area contributed by atoms with Crippen LogP contribution in [0.1, 0.15) is 17.3 Å². The zero-order chi connectivity index (χ0) is 21.7. The zero-order valence-corrected chi connectivity index (χ0v) is 17.3. The molecule has 160 valence electrons. The lowest BCUT2D eigenvalue weighted by Crippen LogP contribution is -2.53. The average Bonchev–Trinajstić information content (AvgIpc) is 2.79. The van der Waals surface area contributed by atoms with E-state index in [9.17, 15) is 14.7 Å². The minimum absolute atomic E-state index is 0.114. The van der Waals surface area contributed by atoms with Crippen molar-refractivity contribution in [2.75, 3.05) is 40.4 Å². The monoisotopic (exact) mass is 414 g/mol. The van der Waals surface area contributed by atoms with Crippen LogP contribution in [-0.4, -0.2) is 73.2 Å². The summed E-state index contributed by atoms with van der Waals surface area (Å²) in [5.74, 6) is 1.45. The second-order valence-corrected chi connectivity index (χ2v) is 6.94. The number of ether oxygens (including phenoxy) is 3. The summed E-state index contributed by atoms with van der Waals surface area (Å²) >= 11 is 0. The fraction of sp³-hybridized carbons (Fsp3) is 0.364. The van der Waals surface area contributed by atoms with Crippen LogP contribution in [0.2, 0.25) is 0 Å². The molecule has 1 unspecified atom stereocenters. The van der Waals surface area contributed by atoms with Crippen molar-refractivity contribution in [3.8, 4) is 23.0 Å². The molecular formula is C22H26N2O6. The number of amides is 2. The predicted molar refractivity (Wildman–Crippen MR) is 110 cm³/mol. The van der Waals surface area contributed by atoms with Gasteiger partial charge in [0.25, 0.3) is 11.8 Å². The van der Waals surface area contributed by atoms with Crippen molar-refractivity contribution in [1.29, 1.82) is 0 Å². The van der Waals surface area contributed by atoms with E-state index < -0.39 is 6.10 Å². The molecule has 0 saturated carbocycles. The van der Waals surface area contributed by atoms with Gasteiger partial charge in [-0.1, -0.05) is 0 Å². The van der Waals surface area contributed by atoms with Gasteiger partial charge >= 0.3 is 0 Å². The van der Waals surface area contributed by atoms with E-state index in [4.69, 9.17) is 14.2 Å². The van der Waals surface area contributed by atoms with Crippen LogP contribution in [0.3, 0.4) is 0 Å². The number of rotatable bonds is 6. The summed E-state index contributed by atoms with van der Waals surface area (Å²) in [7, 11) is 3.07. The quantitative estimate of drug-likeness (QED) is 0.779. The van der Waals surface area contributed by atoms with Gasteiger partial charge in [-0.05, 0) is 49.4 Å². The smallest absolute Gasteiger partial charge is 0.263 e. The van der Waals surface area contributed by atoms with E-state index in [1.54, 1.807) is 54.2 Å². The molecule has 0 spiro atoms. The lowest BCUT2D eigenvalue weighted by molar-refractivity contribution is -0.139. The first-order valence-corrected chi connectivity index (χ1v) is 9.68. The number of piperazine rings is 1. The van der Waals surface area contributed by atoms with Crippen molar-refractivity contribution in [2.45, 2.75) is 13.0 Å². The largest absolute Gasteiger partial charge is 0.508 e. The first-order valence-electron chi connectivity index (χ1n) is 9.68. The first-order chi connectivity index (χ1) is 14.4. The summed E-state index contributed by atoms with van der Waals surface area (Å²) in [5.41, 5.74) is 0.511. The number of carbonyl (C=O) groups is 2. The van der Waals surface area contributed by atoms with Gasteiger partial charge in [0.15, 0.2) is 17.6 Å². The molecule has 1 atom stereocenters. The van der Waals surface area contributed by atoms with Crippen molar-refractivity contribution in [2.24, 2.45) is 0 Å². The molecule has 1 aliphatic heterocycles. The molecule has 0 radical (unpaired) electrons. The van der Waals surface area contributed by atoms with Crippen LogP contribution in [0.5, 0.6) is 23.0 Å². The number of hydrogen-bond acceptors (Lipinski definition) is 6. The Bertz CT molecular complexity index is 891. The molecule has 1 heterocycles. The predicted octanol–water partition coefficient (Wildman–Crippen LogP) is 2.16. The molecule has 1 N–H and O–H groups in total. The summed E-state index contributed by atoms with van der Waals surface area (Å²) in [6.07, 6.45) is -0.664. The van der Waals surface area contributed by atoms with Gasteiger partial charge in [-0.2, -0.15) is 0 Å². The van der Waals surface area contributed by atoms with Crippen molar-refractivity contribution in [3.05, 3.63) is 48.0 Å². The molecule has 2 aromatic carbocycles. The molecule has 0 aromatic heterocycles. The summed E-state index contributed by atoms with van der Waals surface area (Å²) in [6.45, 7) is 3.42. The highest BCUT2D eigenvalue weighted by Crippen LogP contribution is 2.28. The van der Waals surface area contributed by atoms with E-state index in [2.05, 4.69) is 0 Å². The van der Waals surface area contributed by atoms with Crippen LogP contribution in [-0.2, 0) is 4.79 Å². The zero-order valence-electron chi connectivity index (χ0n) is 17.3. The third-order valence-corrected chi connectivity index (χ3v) is 5.01. The van der Waals surface area contributed by atoms with Crippen LogP contribution < -0.4 is 14.2 Å². The van der Waals surface area contributed by atoms with Crippen LogP contribution in [0.15, 0.2) is 42.5 Å². The molecule has 2 aromatic rings. The third-order valence-electron chi connectivity index (χ3n) is 5.01. The van der Waals surface area contributed by atoms with Crippen molar-refractivity contribution in [1.82, 2.24) is 9.80 Å². The van der Waals surface area contributed by atoms with Gasteiger partial charge in [0.05, 0.1) is 14.2 Å². The van der Waals surface area contributed by atoms with Crippen molar-refractivity contribution < 1.29 is 28.9 Å². The summed E-state index contributed by atoms with van der Waals surface area (Å²) < 4.78 is 16.1. The topological polar surface area (TPSA) is 88.5 Å². The van der Waals surface area contributed by atoms with E-state index in [1.807, 2.05) is 0 Å². The second-order valence-electron chi connectivity index (χ2n) is 6.94. The maximum absolute atomic E-state index is 12.8. The van der Waals surface area contributed by atoms with Crippen LogP contribution in [0.4, 0.5) is 0 Å². The van der Waals surface area contributed by atoms with Crippen LogP contribution >= 0.6 is 0 Å². The lowest BCUT2D eigenvalue weighted by Gasteiger charge is -2.36. The molecule has 1 aliphatic rings. The Morgan fingerprint density at radius 2 is 1.50 bits per heavy atom. The summed E-state index contributed by atoms with van der Waals surface area (Å²) in [5, 5.41) is 9.34. The number of phenols is 1. The number of methoxy groups -OCH3 is 2. The van der Waals surface area contributed by atoms with E-state index in [0.29, 0.717) is 49.0 Å². The van der Waals surface area contributed by atoms with Gasteiger partial charge in [0.1, 0.15) is 11.5 Å². The number of hydrogen-bond donors (Lipinski definition) is 1. The number of benzene rings is 2. The van der Waals surface area contributed by atoms with E-state index >= 15 is 0 Å². The molecule has 8 nitrogen and oxygen atoms in total. The fourth-order valence-corrected chi connectivity index (χ4v) is 3.32. The highest BCUT2D eigenvalue weighted by Gasteiger charge is 2.28. The maximum Gasteiger partial charge on any atom is 0.263 e. The molecule has 1 fully saturated rings. The van der Waals surface area contributed by atoms with Crippen LogP contribution in [0, 0.1) is 0 Å². The Morgan fingerprint density at radius 1 is 0.900 bits per heavy atom. The first kappa shape index (κ1) is 21.3. The number of carbonyl (C=O) groups excluding carboxylic acids is 2. The number of aromatic hydroxyl groups is 1. The van der Waals surface area contributed by atoms with Gasteiger partial charge in [0, 0.05) is 31.7 Å². The highest BCUT2D eigenvalue weighted by molar-refractivity contribution is 5.95. The van der Waals surface area contributed by atoms with Gasteiger partial charge in [-0.25, -0.2) is 0 Å². The Kier molecular flexibility index (Phi) is 6.66. The minimum atomic E-state index is -0.664. The molecule has 30 heavy (non-hydrogen) atoms. The Morgan fingerprint density at radius 3 is 2.10 bits per heavy atom. The van der Waals surface area contributed by atoms with Gasteiger partial charge in [0.2, 0.25) is 0 Å². The number of phenolic OH excluding ortho intramolecular Hbond substituents is 1. The molecular weight excluding hydrogens is 388 g/mol. The normalized spacial score (nSPS) is 14.8. The lowest BCUT2D eigenvalue weighted by atomic mass is 10.1. The third kappa shape index (κ3) is 4.76. The van der Waals surface area contributed by atoms with Crippen molar-refractivity contribution in [3.63, 3.8) is 0 Å². The van der Waals surface area contributed by atoms with E-state index in [0.717, 1.165) is 0 Å². The Balaban J connectivity index is 1.56. The Hall–Kier alpha value is -3.42. The van der Waals surface area contributed by atoms with E-state index in [-0.39, 0.29) is 17.6 Å². The molecule has 8 heteroatoms. The molecule has 0 bridgehead atoms. The van der Waals surface area contributed by atoms with Crippen LogP contribution in [0.25, 0.3) is 0 Å². The SMILES string of the molecule is COc1ccc(C(=O)N2CCN(C(=O)C(C)Oc3ccc(O)cc3)CC2)cc1OC. The Labute approximate surface area is 175 Å². The number of nitrogens with zero attached hydrogens (tertiary/aromatic N) is 2. The summed E-state index contributed by atoms with van der Waals surface area (Å²) in [6, 6.07) is 11.3. The maximum atomic E-state index is 12.8. The van der Waals surface area contributed by atoms with Crippen molar-refractivity contribution >= 4 is 11.8 Å². The average molecular weight is 414 g/mol. The molecule has 3 rings (SSSR count). The minimum Gasteiger partial charge on any atom is -0.508 e. The summed E-state index contributed by atoms with van der Waals surface area (Å²) in [4.78, 5) is 28.9. The second kappa shape index (κ2) is 9.39. The van der Waals surface area contributed by atoms with Gasteiger partial charge < -0.3 is 29.1 Å². The van der Waals surface area contributed by atoms with Gasteiger partial charge in [-0.15, -0.1) is 0 Å².